The van der Waals surface area contributed by atoms with Crippen LogP contribution >= 0.6 is 0 Å². The van der Waals surface area contributed by atoms with E-state index in [2.05, 4.69) is 12.5 Å². The number of ether oxygens (including phenoxy) is 1. The largest absolute Gasteiger partial charge is 0.496 e. The fourth-order valence-corrected chi connectivity index (χ4v) is 2.20. The van der Waals surface area contributed by atoms with Crippen molar-refractivity contribution in [1.82, 2.24) is 10.4 Å². The molecule has 0 aliphatic carbocycles. The number of likely N-dealkylation sites (N-methyl/N-ethyl adjacent to an activating group) is 1. The van der Waals surface area contributed by atoms with Crippen molar-refractivity contribution in [1.29, 1.82) is 0 Å². The molecule has 1 heterocycles. The van der Waals surface area contributed by atoms with Crippen molar-refractivity contribution in [2.45, 2.75) is 6.92 Å². The molecule has 2 rings (SSSR count). The summed E-state index contributed by atoms with van der Waals surface area (Å²) in [6, 6.07) is 5.63. The van der Waals surface area contributed by atoms with Crippen molar-refractivity contribution in [2.75, 3.05) is 40.3 Å². The van der Waals surface area contributed by atoms with Crippen LogP contribution in [0.1, 0.15) is 15.9 Å². The number of carbonyl (C=O) groups is 1. The lowest BCUT2D eigenvalue weighted by Crippen LogP contribution is -3.12. The SMILES string of the molecule is COc1ccc(C)cc1C(=O)NN1CC[NH+](C)CC1. The van der Waals surface area contributed by atoms with Gasteiger partial charge >= 0.3 is 0 Å². The molecule has 2 N–H and O–H groups in total. The summed E-state index contributed by atoms with van der Waals surface area (Å²) in [7, 11) is 3.75. The number of carbonyl (C=O) groups excluding carboxylic acids is 1. The molecule has 1 aromatic rings. The number of quaternary nitrogens is 1. The van der Waals surface area contributed by atoms with Gasteiger partial charge in [-0.15, -0.1) is 0 Å². The molecule has 0 radical (unpaired) electrons. The molecule has 1 saturated heterocycles. The number of nitrogens with zero attached hydrogens (tertiary/aromatic N) is 1. The molecule has 19 heavy (non-hydrogen) atoms. The molecule has 1 aliphatic heterocycles. The van der Waals surface area contributed by atoms with Crippen molar-refractivity contribution in [3.05, 3.63) is 29.3 Å². The Morgan fingerprint density at radius 1 is 1.37 bits per heavy atom. The van der Waals surface area contributed by atoms with Gasteiger partial charge in [0.25, 0.3) is 5.91 Å². The highest BCUT2D eigenvalue weighted by atomic mass is 16.5. The molecular formula is C14H22N3O2+. The van der Waals surface area contributed by atoms with Crippen molar-refractivity contribution >= 4 is 5.91 Å². The van der Waals surface area contributed by atoms with Gasteiger partial charge in [0.1, 0.15) is 5.75 Å². The van der Waals surface area contributed by atoms with E-state index in [-0.39, 0.29) is 5.91 Å². The molecule has 5 nitrogen and oxygen atoms in total. The van der Waals surface area contributed by atoms with Crippen LogP contribution in [0.5, 0.6) is 5.75 Å². The molecular weight excluding hydrogens is 242 g/mol. The number of amides is 1. The molecule has 5 heteroatoms. The zero-order valence-electron chi connectivity index (χ0n) is 11.8. The second kappa shape index (κ2) is 6.04. The monoisotopic (exact) mass is 264 g/mol. The van der Waals surface area contributed by atoms with E-state index in [1.54, 1.807) is 7.11 Å². The van der Waals surface area contributed by atoms with E-state index < -0.39 is 0 Å². The average molecular weight is 264 g/mol. The Balaban J connectivity index is 2.05. The minimum Gasteiger partial charge on any atom is -0.496 e. The highest BCUT2D eigenvalue weighted by Crippen LogP contribution is 2.19. The summed E-state index contributed by atoms with van der Waals surface area (Å²) in [5, 5.41) is 1.98. The molecule has 0 bridgehead atoms. The first kappa shape index (κ1) is 13.8. The van der Waals surface area contributed by atoms with Crippen molar-refractivity contribution in [2.24, 2.45) is 0 Å². The van der Waals surface area contributed by atoms with Gasteiger partial charge in [-0.3, -0.25) is 10.2 Å². The average Bonchev–Trinajstić information content (AvgIpc) is 2.41. The predicted molar refractivity (Wildman–Crippen MR) is 73.4 cm³/mol. The van der Waals surface area contributed by atoms with Crippen LogP contribution in [0.15, 0.2) is 18.2 Å². The van der Waals surface area contributed by atoms with Crippen LogP contribution in [0.3, 0.4) is 0 Å². The molecule has 0 aromatic heterocycles. The molecule has 0 atom stereocenters. The Labute approximate surface area is 114 Å². The lowest BCUT2D eigenvalue weighted by Gasteiger charge is -2.30. The molecule has 0 unspecified atom stereocenters. The maximum atomic E-state index is 12.3. The van der Waals surface area contributed by atoms with Crippen LogP contribution in [0, 0.1) is 6.92 Å². The van der Waals surface area contributed by atoms with Crippen molar-refractivity contribution in [3.8, 4) is 5.75 Å². The second-order valence-electron chi connectivity index (χ2n) is 5.09. The van der Waals surface area contributed by atoms with Crippen LogP contribution < -0.4 is 15.1 Å². The topological polar surface area (TPSA) is 46.0 Å². The zero-order chi connectivity index (χ0) is 13.8. The predicted octanol–water partition coefficient (Wildman–Crippen LogP) is -0.521. The first-order valence-corrected chi connectivity index (χ1v) is 6.62. The quantitative estimate of drug-likeness (QED) is 0.772. The van der Waals surface area contributed by atoms with E-state index in [4.69, 9.17) is 4.74 Å². The van der Waals surface area contributed by atoms with Crippen LogP contribution in [0.2, 0.25) is 0 Å². The number of aryl methyl sites for hydroxylation is 1. The normalized spacial score (nSPS) is 17.2. The van der Waals surface area contributed by atoms with E-state index in [9.17, 15) is 4.79 Å². The molecule has 0 saturated carbocycles. The number of methoxy groups -OCH3 is 1. The van der Waals surface area contributed by atoms with Crippen LogP contribution in [-0.4, -0.2) is 51.3 Å². The summed E-state index contributed by atoms with van der Waals surface area (Å²) < 4.78 is 5.24. The van der Waals surface area contributed by atoms with E-state index in [1.165, 1.54) is 4.90 Å². The summed E-state index contributed by atoms with van der Waals surface area (Å²) in [6.45, 7) is 5.82. The Hall–Kier alpha value is -1.59. The molecule has 1 aromatic carbocycles. The number of hydrogen-bond donors (Lipinski definition) is 2. The summed E-state index contributed by atoms with van der Waals surface area (Å²) in [5.74, 6) is 0.517. The Kier molecular flexibility index (Phi) is 4.39. The van der Waals surface area contributed by atoms with Gasteiger partial charge in [-0.05, 0) is 19.1 Å². The lowest BCUT2D eigenvalue weighted by atomic mass is 10.1. The van der Waals surface area contributed by atoms with Gasteiger partial charge in [0, 0.05) is 0 Å². The van der Waals surface area contributed by atoms with Gasteiger partial charge < -0.3 is 9.64 Å². The Morgan fingerprint density at radius 2 is 2.05 bits per heavy atom. The summed E-state index contributed by atoms with van der Waals surface area (Å²) in [6.07, 6.45) is 0. The third-order valence-corrected chi connectivity index (χ3v) is 3.48. The van der Waals surface area contributed by atoms with Gasteiger partial charge in [-0.1, -0.05) is 11.6 Å². The van der Waals surface area contributed by atoms with Crippen molar-refractivity contribution < 1.29 is 14.4 Å². The molecule has 1 aliphatic rings. The summed E-state index contributed by atoms with van der Waals surface area (Å²) in [5.41, 5.74) is 4.60. The minimum absolute atomic E-state index is 0.0971. The van der Waals surface area contributed by atoms with Gasteiger partial charge in [-0.2, -0.15) is 0 Å². The molecule has 104 valence electrons. The first-order valence-electron chi connectivity index (χ1n) is 6.62. The van der Waals surface area contributed by atoms with E-state index in [0.717, 1.165) is 31.7 Å². The minimum atomic E-state index is -0.0971. The maximum Gasteiger partial charge on any atom is 0.269 e. The lowest BCUT2D eigenvalue weighted by molar-refractivity contribution is -0.884. The van der Waals surface area contributed by atoms with Crippen molar-refractivity contribution in [3.63, 3.8) is 0 Å². The zero-order valence-corrected chi connectivity index (χ0v) is 11.8. The third-order valence-electron chi connectivity index (χ3n) is 3.48. The number of hydrazine groups is 1. The Morgan fingerprint density at radius 3 is 2.68 bits per heavy atom. The maximum absolute atomic E-state index is 12.3. The van der Waals surface area contributed by atoms with Crippen LogP contribution in [0.4, 0.5) is 0 Å². The molecule has 1 amide bonds. The van der Waals surface area contributed by atoms with Crippen LogP contribution in [0.25, 0.3) is 0 Å². The van der Waals surface area contributed by atoms with Gasteiger partial charge in [0.15, 0.2) is 0 Å². The summed E-state index contributed by atoms with van der Waals surface area (Å²) >= 11 is 0. The van der Waals surface area contributed by atoms with Gasteiger partial charge in [-0.25, -0.2) is 5.01 Å². The van der Waals surface area contributed by atoms with Gasteiger partial charge in [0.05, 0.1) is 45.9 Å². The first-order chi connectivity index (χ1) is 9.10. The van der Waals surface area contributed by atoms with Crippen LogP contribution in [-0.2, 0) is 0 Å². The molecule has 0 spiro atoms. The highest BCUT2D eigenvalue weighted by Gasteiger charge is 2.20. The van der Waals surface area contributed by atoms with E-state index in [0.29, 0.717) is 11.3 Å². The molecule has 1 fully saturated rings. The van der Waals surface area contributed by atoms with E-state index in [1.807, 2.05) is 30.1 Å². The fourth-order valence-electron chi connectivity index (χ4n) is 2.20. The smallest absolute Gasteiger partial charge is 0.269 e. The highest BCUT2D eigenvalue weighted by molar-refractivity contribution is 5.96. The fraction of sp³-hybridized carbons (Fsp3) is 0.500. The van der Waals surface area contributed by atoms with Gasteiger partial charge in [0.2, 0.25) is 0 Å². The Bertz CT molecular complexity index is 454. The third kappa shape index (κ3) is 3.45. The number of rotatable bonds is 3. The second-order valence-corrected chi connectivity index (χ2v) is 5.09. The number of hydrogen-bond acceptors (Lipinski definition) is 3. The standard InChI is InChI=1S/C14H21N3O2/c1-11-4-5-13(19-3)12(10-11)14(18)15-17-8-6-16(2)7-9-17/h4-5,10H,6-9H2,1-3H3,(H,15,18)/p+1. The van der Waals surface area contributed by atoms with E-state index >= 15 is 0 Å². The number of nitrogens with one attached hydrogen (secondary N) is 2. The number of benzene rings is 1. The summed E-state index contributed by atoms with van der Waals surface area (Å²) in [4.78, 5) is 13.8. The number of piperazine rings is 1.